The van der Waals surface area contributed by atoms with Crippen molar-refractivity contribution in [1.82, 2.24) is 9.78 Å². The number of halogens is 3. The maximum Gasteiger partial charge on any atom is 0.104 e. The molecule has 0 radical (unpaired) electrons. The third kappa shape index (κ3) is 3.31. The van der Waals surface area contributed by atoms with Crippen LogP contribution in [-0.4, -0.2) is 9.78 Å². The van der Waals surface area contributed by atoms with Crippen LogP contribution >= 0.6 is 40.7 Å². The Morgan fingerprint density at radius 3 is 2.25 bits per heavy atom. The van der Waals surface area contributed by atoms with E-state index in [1.807, 2.05) is 20.0 Å². The van der Waals surface area contributed by atoms with Crippen LogP contribution in [-0.2, 0) is 7.05 Å². The van der Waals surface area contributed by atoms with E-state index in [0.29, 0.717) is 0 Å². The van der Waals surface area contributed by atoms with Crippen LogP contribution in [0.3, 0.4) is 0 Å². The highest BCUT2D eigenvalue weighted by Crippen LogP contribution is 2.14. The molecule has 0 aliphatic carbocycles. The van der Waals surface area contributed by atoms with Gasteiger partial charge in [-0.15, -0.1) is 24.8 Å². The van der Waals surface area contributed by atoms with Crippen molar-refractivity contribution in [2.24, 2.45) is 12.8 Å². The van der Waals surface area contributed by atoms with Gasteiger partial charge in [-0.1, -0.05) is 0 Å². The number of hydrogen-bond donors (Lipinski definition) is 1. The minimum Gasteiger partial charge on any atom is -0.323 e. The highest BCUT2D eigenvalue weighted by molar-refractivity contribution is 9.10. The summed E-state index contributed by atoms with van der Waals surface area (Å²) in [6.45, 7) is 1.91. The molecule has 0 amide bonds. The monoisotopic (exact) mass is 275 g/mol. The molecule has 0 saturated carbocycles. The second-order valence-corrected chi connectivity index (χ2v) is 3.12. The summed E-state index contributed by atoms with van der Waals surface area (Å²) in [5.74, 6) is 0. The molecule has 1 heterocycles. The van der Waals surface area contributed by atoms with Gasteiger partial charge in [0.1, 0.15) is 4.60 Å². The lowest BCUT2D eigenvalue weighted by molar-refractivity contribution is 0.691. The molecule has 0 spiro atoms. The molecule has 6 heteroatoms. The van der Waals surface area contributed by atoms with Gasteiger partial charge >= 0.3 is 0 Å². The molecule has 1 rings (SSSR count). The molecule has 0 aliphatic heterocycles. The van der Waals surface area contributed by atoms with E-state index in [9.17, 15) is 0 Å². The van der Waals surface area contributed by atoms with E-state index in [1.54, 1.807) is 4.68 Å². The SMILES string of the molecule is CC(N)c1cc(Br)n(C)n1.Cl.Cl. The minimum absolute atomic E-state index is 0. The Bertz CT molecular complexity index is 217. The van der Waals surface area contributed by atoms with Crippen molar-refractivity contribution in [3.63, 3.8) is 0 Å². The first-order valence-electron chi connectivity index (χ1n) is 3.06. The molecule has 0 fully saturated rings. The summed E-state index contributed by atoms with van der Waals surface area (Å²) < 4.78 is 2.71. The Balaban J connectivity index is 0. The van der Waals surface area contributed by atoms with Crippen LogP contribution in [0.1, 0.15) is 18.7 Å². The average molecular weight is 277 g/mol. The third-order valence-electron chi connectivity index (χ3n) is 1.31. The summed E-state index contributed by atoms with van der Waals surface area (Å²) in [6, 6.07) is 1.93. The van der Waals surface area contributed by atoms with Crippen molar-refractivity contribution in [2.75, 3.05) is 0 Å². The number of hydrogen-bond acceptors (Lipinski definition) is 2. The van der Waals surface area contributed by atoms with Crippen molar-refractivity contribution < 1.29 is 0 Å². The highest BCUT2D eigenvalue weighted by atomic mass is 79.9. The summed E-state index contributed by atoms with van der Waals surface area (Å²) in [6.07, 6.45) is 0. The van der Waals surface area contributed by atoms with Crippen molar-refractivity contribution in [1.29, 1.82) is 0 Å². The quantitative estimate of drug-likeness (QED) is 0.853. The molecular formula is C6H12BrCl2N3. The number of aromatic nitrogens is 2. The van der Waals surface area contributed by atoms with E-state index in [0.717, 1.165) is 10.3 Å². The fourth-order valence-corrected chi connectivity index (χ4v) is 1.00. The fraction of sp³-hybridized carbons (Fsp3) is 0.500. The average Bonchev–Trinajstić information content (AvgIpc) is 2.13. The molecular weight excluding hydrogens is 265 g/mol. The first kappa shape index (κ1) is 14.7. The Kier molecular flexibility index (Phi) is 7.13. The van der Waals surface area contributed by atoms with Crippen LogP contribution in [0.2, 0.25) is 0 Å². The Morgan fingerprint density at radius 2 is 2.08 bits per heavy atom. The second kappa shape index (κ2) is 5.80. The minimum atomic E-state index is 0. The molecule has 0 aliphatic rings. The maximum atomic E-state index is 5.60. The van der Waals surface area contributed by atoms with Crippen LogP contribution in [0.5, 0.6) is 0 Å². The molecule has 2 N–H and O–H groups in total. The van der Waals surface area contributed by atoms with Crippen molar-refractivity contribution in [3.05, 3.63) is 16.4 Å². The van der Waals surface area contributed by atoms with Crippen LogP contribution in [0.25, 0.3) is 0 Å². The zero-order chi connectivity index (χ0) is 7.72. The molecule has 1 aromatic rings. The second-order valence-electron chi connectivity index (χ2n) is 2.30. The molecule has 1 atom stereocenters. The van der Waals surface area contributed by atoms with E-state index in [-0.39, 0.29) is 30.9 Å². The van der Waals surface area contributed by atoms with E-state index >= 15 is 0 Å². The molecule has 1 unspecified atom stereocenters. The van der Waals surface area contributed by atoms with Gasteiger partial charge in [0.25, 0.3) is 0 Å². The van der Waals surface area contributed by atoms with Gasteiger partial charge in [-0.3, -0.25) is 4.68 Å². The van der Waals surface area contributed by atoms with Crippen LogP contribution in [0, 0.1) is 0 Å². The van der Waals surface area contributed by atoms with E-state index in [4.69, 9.17) is 5.73 Å². The number of aryl methyl sites for hydroxylation is 1. The molecule has 0 saturated heterocycles. The van der Waals surface area contributed by atoms with Gasteiger partial charge in [0, 0.05) is 13.1 Å². The van der Waals surface area contributed by atoms with Crippen LogP contribution in [0.15, 0.2) is 10.7 Å². The largest absolute Gasteiger partial charge is 0.323 e. The van der Waals surface area contributed by atoms with Crippen LogP contribution < -0.4 is 5.73 Å². The molecule has 12 heavy (non-hydrogen) atoms. The van der Waals surface area contributed by atoms with Crippen molar-refractivity contribution >= 4 is 40.7 Å². The smallest absolute Gasteiger partial charge is 0.104 e. The summed E-state index contributed by atoms with van der Waals surface area (Å²) in [5.41, 5.74) is 6.51. The third-order valence-corrected chi connectivity index (χ3v) is 2.05. The van der Waals surface area contributed by atoms with Gasteiger partial charge in [-0.25, -0.2) is 0 Å². The number of nitrogens with two attached hydrogens (primary N) is 1. The summed E-state index contributed by atoms with van der Waals surface area (Å²) in [4.78, 5) is 0. The first-order chi connectivity index (χ1) is 4.61. The highest BCUT2D eigenvalue weighted by Gasteiger charge is 2.04. The number of rotatable bonds is 1. The predicted octanol–water partition coefficient (Wildman–Crippen LogP) is 2.05. The molecule has 3 nitrogen and oxygen atoms in total. The fourth-order valence-electron chi connectivity index (χ4n) is 0.688. The lowest BCUT2D eigenvalue weighted by atomic mass is 10.3. The molecule has 72 valence electrons. The van der Waals surface area contributed by atoms with Gasteiger partial charge in [0.2, 0.25) is 0 Å². The number of nitrogens with zero attached hydrogens (tertiary/aromatic N) is 2. The summed E-state index contributed by atoms with van der Waals surface area (Å²) in [5, 5.41) is 4.15. The Labute approximate surface area is 92.6 Å². The van der Waals surface area contributed by atoms with E-state index in [1.165, 1.54) is 0 Å². The lowest BCUT2D eigenvalue weighted by Gasteiger charge is -1.96. The van der Waals surface area contributed by atoms with Gasteiger partial charge in [-0.2, -0.15) is 5.10 Å². The van der Waals surface area contributed by atoms with Gasteiger partial charge in [0.05, 0.1) is 5.69 Å². The lowest BCUT2D eigenvalue weighted by Crippen LogP contribution is -2.06. The van der Waals surface area contributed by atoms with Crippen molar-refractivity contribution in [3.8, 4) is 0 Å². The Morgan fingerprint density at radius 1 is 1.58 bits per heavy atom. The zero-order valence-corrected chi connectivity index (χ0v) is 10.0. The van der Waals surface area contributed by atoms with Crippen molar-refractivity contribution in [2.45, 2.75) is 13.0 Å². The normalized spacial score (nSPS) is 11.3. The zero-order valence-electron chi connectivity index (χ0n) is 6.82. The first-order valence-corrected chi connectivity index (χ1v) is 3.85. The van der Waals surface area contributed by atoms with Crippen LogP contribution in [0.4, 0.5) is 0 Å². The van der Waals surface area contributed by atoms with Gasteiger partial charge in [-0.05, 0) is 28.9 Å². The molecule has 0 bridgehead atoms. The Hall–Kier alpha value is 0.230. The molecule has 0 aromatic carbocycles. The van der Waals surface area contributed by atoms with Gasteiger partial charge < -0.3 is 5.73 Å². The van der Waals surface area contributed by atoms with Gasteiger partial charge in [0.15, 0.2) is 0 Å². The maximum absolute atomic E-state index is 5.60. The predicted molar refractivity (Wildman–Crippen MR) is 58.0 cm³/mol. The molecule has 1 aromatic heterocycles. The summed E-state index contributed by atoms with van der Waals surface area (Å²) in [7, 11) is 1.87. The topological polar surface area (TPSA) is 43.8 Å². The van der Waals surface area contributed by atoms with E-state index in [2.05, 4.69) is 21.0 Å². The van der Waals surface area contributed by atoms with E-state index < -0.39 is 0 Å². The standard InChI is InChI=1S/C6H10BrN3.2ClH/c1-4(8)5-3-6(7)10(2)9-5;;/h3-4H,8H2,1-2H3;2*1H. The summed E-state index contributed by atoms with van der Waals surface area (Å²) >= 11 is 3.33.